The van der Waals surface area contributed by atoms with Crippen LogP contribution in [0, 0.1) is 0 Å². The molecule has 0 bridgehead atoms. The van der Waals surface area contributed by atoms with Crippen LogP contribution in [0.2, 0.25) is 5.02 Å². The van der Waals surface area contributed by atoms with E-state index in [0.717, 1.165) is 23.1 Å². The minimum atomic E-state index is -0.0584. The Bertz CT molecular complexity index is 909. The summed E-state index contributed by atoms with van der Waals surface area (Å²) in [6, 6.07) is 13.4. The van der Waals surface area contributed by atoms with Gasteiger partial charge in [0, 0.05) is 21.1 Å². The molecule has 0 saturated carbocycles. The minimum absolute atomic E-state index is 0.00869. The number of carbonyl (C=O) groups excluding carboxylic acids is 1. The summed E-state index contributed by atoms with van der Waals surface area (Å²) in [5.41, 5.74) is 2.46. The van der Waals surface area contributed by atoms with Crippen LogP contribution in [-0.4, -0.2) is 16.8 Å². The maximum atomic E-state index is 12.5. The van der Waals surface area contributed by atoms with Gasteiger partial charge in [0.25, 0.3) is 0 Å². The molecule has 1 atom stereocenters. The second kappa shape index (κ2) is 6.49. The number of thioether (sulfide) groups is 1. The van der Waals surface area contributed by atoms with Gasteiger partial charge in [-0.2, -0.15) is 0 Å². The van der Waals surface area contributed by atoms with Crippen molar-refractivity contribution >= 4 is 40.2 Å². The first-order chi connectivity index (χ1) is 11.7. The third kappa shape index (κ3) is 3.01. The fraction of sp³-hybridized carbons (Fsp3) is 0.222. The zero-order valence-electron chi connectivity index (χ0n) is 12.8. The number of benzene rings is 2. The molecule has 4 rings (SSSR count). The third-order valence-electron chi connectivity index (χ3n) is 4.13. The van der Waals surface area contributed by atoms with Gasteiger partial charge in [0.05, 0.1) is 12.5 Å². The number of amides is 1. The van der Waals surface area contributed by atoms with E-state index in [0.29, 0.717) is 16.3 Å². The number of para-hydroxylation sites is 1. The number of fused-ring (bicyclic) bond motifs is 2. The van der Waals surface area contributed by atoms with Gasteiger partial charge in [-0.25, -0.2) is 0 Å². The molecule has 4 nitrogen and oxygen atoms in total. The number of nitrogens with one attached hydrogen (secondary N) is 1. The maximum Gasteiger partial charge on any atom is 0.226 e. The van der Waals surface area contributed by atoms with Crippen molar-refractivity contribution in [2.45, 2.75) is 23.8 Å². The van der Waals surface area contributed by atoms with Crippen LogP contribution >= 0.6 is 23.4 Å². The Morgan fingerprint density at radius 2 is 2.21 bits per heavy atom. The lowest BCUT2D eigenvalue weighted by molar-refractivity contribution is -0.121. The molecule has 3 aromatic rings. The van der Waals surface area contributed by atoms with Gasteiger partial charge >= 0.3 is 0 Å². The molecule has 0 saturated heterocycles. The average molecular weight is 359 g/mol. The van der Waals surface area contributed by atoms with Crippen LogP contribution in [0.1, 0.15) is 23.7 Å². The van der Waals surface area contributed by atoms with Gasteiger partial charge in [0.2, 0.25) is 5.91 Å². The number of halogens is 1. The first-order valence-corrected chi connectivity index (χ1v) is 9.12. The van der Waals surface area contributed by atoms with Gasteiger partial charge in [-0.1, -0.05) is 28.9 Å². The van der Waals surface area contributed by atoms with E-state index in [1.54, 1.807) is 11.8 Å². The SMILES string of the molecule is O=C(Cc1noc2ccccc12)N[C@@H]1CCSc2ccc(Cl)cc21. The minimum Gasteiger partial charge on any atom is -0.356 e. The van der Waals surface area contributed by atoms with E-state index in [4.69, 9.17) is 16.1 Å². The summed E-state index contributed by atoms with van der Waals surface area (Å²) in [4.78, 5) is 13.7. The van der Waals surface area contributed by atoms with Crippen LogP contribution in [0.4, 0.5) is 0 Å². The van der Waals surface area contributed by atoms with Gasteiger partial charge in [0.1, 0.15) is 5.69 Å². The highest BCUT2D eigenvalue weighted by atomic mass is 35.5. The van der Waals surface area contributed by atoms with E-state index in [1.807, 2.05) is 42.5 Å². The summed E-state index contributed by atoms with van der Waals surface area (Å²) in [5.74, 6) is 0.920. The number of hydrogen-bond donors (Lipinski definition) is 1. The summed E-state index contributed by atoms with van der Waals surface area (Å²) in [6.45, 7) is 0. The molecule has 1 aliphatic heterocycles. The lowest BCUT2D eigenvalue weighted by atomic mass is 10.0. The Hall–Kier alpha value is -1.98. The van der Waals surface area contributed by atoms with Crippen LogP contribution in [-0.2, 0) is 11.2 Å². The van der Waals surface area contributed by atoms with E-state index < -0.39 is 0 Å². The molecule has 0 radical (unpaired) electrons. The number of rotatable bonds is 3. The second-order valence-electron chi connectivity index (χ2n) is 5.74. The predicted molar refractivity (Wildman–Crippen MR) is 95.4 cm³/mol. The molecule has 0 fully saturated rings. The molecule has 24 heavy (non-hydrogen) atoms. The molecule has 0 unspecified atom stereocenters. The molecule has 1 N–H and O–H groups in total. The van der Waals surface area contributed by atoms with Crippen molar-refractivity contribution in [1.82, 2.24) is 10.5 Å². The smallest absolute Gasteiger partial charge is 0.226 e. The van der Waals surface area contributed by atoms with Crippen LogP contribution in [0.5, 0.6) is 0 Å². The molecular weight excluding hydrogens is 344 g/mol. The number of nitrogens with zero attached hydrogens (tertiary/aromatic N) is 1. The van der Waals surface area contributed by atoms with Crippen molar-refractivity contribution in [3.8, 4) is 0 Å². The third-order valence-corrected chi connectivity index (χ3v) is 5.48. The molecule has 0 aliphatic carbocycles. The van der Waals surface area contributed by atoms with Crippen LogP contribution in [0.25, 0.3) is 11.0 Å². The standard InChI is InChI=1S/C18H15ClN2O2S/c19-11-5-6-17-13(9-11)14(7-8-24-17)20-18(22)10-15-12-3-1-2-4-16(12)23-21-15/h1-6,9,14H,7-8,10H2,(H,20,22)/t14-/m1/s1. The second-order valence-corrected chi connectivity index (χ2v) is 7.31. The van der Waals surface area contributed by atoms with Crippen molar-refractivity contribution in [3.05, 3.63) is 58.7 Å². The zero-order chi connectivity index (χ0) is 16.5. The van der Waals surface area contributed by atoms with E-state index in [1.165, 1.54) is 4.90 Å². The molecule has 1 aliphatic rings. The maximum absolute atomic E-state index is 12.5. The molecule has 1 amide bonds. The lowest BCUT2D eigenvalue weighted by Gasteiger charge is -2.26. The number of carbonyl (C=O) groups is 1. The van der Waals surface area contributed by atoms with Crippen molar-refractivity contribution in [3.63, 3.8) is 0 Å². The molecule has 1 aromatic heterocycles. The van der Waals surface area contributed by atoms with Crippen LogP contribution < -0.4 is 5.32 Å². The zero-order valence-corrected chi connectivity index (χ0v) is 14.4. The Morgan fingerprint density at radius 1 is 1.33 bits per heavy atom. The van der Waals surface area contributed by atoms with Gasteiger partial charge in [-0.15, -0.1) is 11.8 Å². The topological polar surface area (TPSA) is 55.1 Å². The number of aromatic nitrogens is 1. The monoisotopic (exact) mass is 358 g/mol. The van der Waals surface area contributed by atoms with E-state index in [2.05, 4.69) is 10.5 Å². The van der Waals surface area contributed by atoms with Crippen molar-refractivity contribution in [1.29, 1.82) is 0 Å². The molecule has 2 heterocycles. The highest BCUT2D eigenvalue weighted by molar-refractivity contribution is 7.99. The van der Waals surface area contributed by atoms with Gasteiger partial charge in [-0.05, 0) is 42.3 Å². The largest absolute Gasteiger partial charge is 0.356 e. The number of hydrogen-bond acceptors (Lipinski definition) is 4. The van der Waals surface area contributed by atoms with Crippen LogP contribution in [0.15, 0.2) is 51.9 Å². The predicted octanol–water partition coefficient (Wildman–Crippen LogP) is 4.38. The van der Waals surface area contributed by atoms with Gasteiger partial charge in [0.15, 0.2) is 5.58 Å². The van der Waals surface area contributed by atoms with E-state index >= 15 is 0 Å². The highest BCUT2D eigenvalue weighted by Crippen LogP contribution is 2.37. The Kier molecular flexibility index (Phi) is 4.21. The first-order valence-electron chi connectivity index (χ1n) is 7.75. The van der Waals surface area contributed by atoms with Crippen molar-refractivity contribution in [2.24, 2.45) is 0 Å². The van der Waals surface area contributed by atoms with Gasteiger partial charge in [-0.3, -0.25) is 4.79 Å². The van der Waals surface area contributed by atoms with Crippen LogP contribution in [0.3, 0.4) is 0 Å². The summed E-state index contributed by atoms with van der Waals surface area (Å²) in [7, 11) is 0. The summed E-state index contributed by atoms with van der Waals surface area (Å²) in [6.07, 6.45) is 1.10. The summed E-state index contributed by atoms with van der Waals surface area (Å²) in [5, 5.41) is 8.72. The Balaban J connectivity index is 1.52. The first kappa shape index (κ1) is 15.5. The highest BCUT2D eigenvalue weighted by Gasteiger charge is 2.23. The summed E-state index contributed by atoms with van der Waals surface area (Å²) < 4.78 is 5.26. The molecular formula is C18H15ClN2O2S. The molecule has 0 spiro atoms. The van der Waals surface area contributed by atoms with Crippen molar-refractivity contribution < 1.29 is 9.32 Å². The Labute approximate surface area is 148 Å². The molecule has 6 heteroatoms. The van der Waals surface area contributed by atoms with E-state index in [9.17, 15) is 4.79 Å². The normalized spacial score (nSPS) is 16.8. The molecule has 2 aromatic carbocycles. The quantitative estimate of drug-likeness (QED) is 0.755. The lowest BCUT2D eigenvalue weighted by Crippen LogP contribution is -2.31. The summed E-state index contributed by atoms with van der Waals surface area (Å²) >= 11 is 7.91. The fourth-order valence-electron chi connectivity index (χ4n) is 2.98. The Morgan fingerprint density at radius 3 is 3.12 bits per heavy atom. The van der Waals surface area contributed by atoms with Gasteiger partial charge < -0.3 is 9.84 Å². The average Bonchev–Trinajstić information content (AvgIpc) is 2.98. The molecule has 122 valence electrons. The fourth-order valence-corrected chi connectivity index (χ4v) is 4.26. The van der Waals surface area contributed by atoms with Crippen molar-refractivity contribution in [2.75, 3.05) is 5.75 Å². The van der Waals surface area contributed by atoms with E-state index in [-0.39, 0.29) is 18.4 Å².